The van der Waals surface area contributed by atoms with Crippen molar-refractivity contribution in [1.29, 1.82) is 0 Å². The molecule has 0 unspecified atom stereocenters. The van der Waals surface area contributed by atoms with Crippen molar-refractivity contribution in [3.05, 3.63) is 30.0 Å². The first-order valence-corrected chi connectivity index (χ1v) is 7.77. The number of rotatable bonds is 3. The summed E-state index contributed by atoms with van der Waals surface area (Å²) in [5.74, 6) is 0.00888. The van der Waals surface area contributed by atoms with Crippen molar-refractivity contribution in [1.82, 2.24) is 9.78 Å². The van der Waals surface area contributed by atoms with E-state index in [4.69, 9.17) is 9.84 Å². The van der Waals surface area contributed by atoms with Gasteiger partial charge in [0.05, 0.1) is 24.6 Å². The Morgan fingerprint density at radius 1 is 1.33 bits per heavy atom. The van der Waals surface area contributed by atoms with E-state index >= 15 is 0 Å². The number of methoxy groups -OCH3 is 1. The van der Waals surface area contributed by atoms with Gasteiger partial charge in [-0.1, -0.05) is 19.1 Å². The lowest BCUT2D eigenvalue weighted by molar-refractivity contribution is -0.146. The first-order chi connectivity index (χ1) is 10.2. The van der Waals surface area contributed by atoms with E-state index in [1.165, 1.54) is 18.1 Å². The van der Waals surface area contributed by atoms with Crippen LogP contribution < -0.4 is 0 Å². The Morgan fingerprint density at radius 2 is 2.10 bits per heavy atom. The Hall–Kier alpha value is -1.84. The number of hydrogen-bond acceptors (Lipinski definition) is 3. The summed E-state index contributed by atoms with van der Waals surface area (Å²) in [7, 11) is 1.47. The maximum atomic E-state index is 11.6. The van der Waals surface area contributed by atoms with Crippen LogP contribution in [0.2, 0.25) is 0 Å². The minimum atomic E-state index is -0.0633. The third-order valence-electron chi connectivity index (χ3n) is 4.60. The SMILES string of the molecule is CCc1ccc2cn(C3CCC(C(=O)OC)CC3)nc2c1. The normalized spacial score (nSPS) is 22.4. The van der Waals surface area contributed by atoms with Crippen LogP contribution in [0, 0.1) is 5.92 Å². The van der Waals surface area contributed by atoms with Gasteiger partial charge >= 0.3 is 5.97 Å². The van der Waals surface area contributed by atoms with Crippen LogP contribution in [0.15, 0.2) is 24.4 Å². The van der Waals surface area contributed by atoms with Crippen LogP contribution in [0.4, 0.5) is 0 Å². The number of fused-ring (bicyclic) bond motifs is 1. The fourth-order valence-electron chi connectivity index (χ4n) is 3.23. The Bertz CT molecular complexity index is 639. The van der Waals surface area contributed by atoms with Crippen LogP contribution in [0.5, 0.6) is 0 Å². The van der Waals surface area contributed by atoms with Gasteiger partial charge in [-0.3, -0.25) is 9.48 Å². The van der Waals surface area contributed by atoms with Gasteiger partial charge in [0.15, 0.2) is 0 Å². The van der Waals surface area contributed by atoms with Gasteiger partial charge in [-0.2, -0.15) is 5.10 Å². The Balaban J connectivity index is 1.74. The molecule has 0 amide bonds. The highest BCUT2D eigenvalue weighted by molar-refractivity contribution is 5.78. The van der Waals surface area contributed by atoms with Gasteiger partial charge in [0.2, 0.25) is 0 Å². The number of esters is 1. The summed E-state index contributed by atoms with van der Waals surface area (Å²) in [4.78, 5) is 11.6. The zero-order chi connectivity index (χ0) is 14.8. The summed E-state index contributed by atoms with van der Waals surface area (Å²) < 4.78 is 6.94. The maximum Gasteiger partial charge on any atom is 0.308 e. The lowest BCUT2D eigenvalue weighted by atomic mass is 9.86. The molecule has 0 saturated heterocycles. The Labute approximate surface area is 125 Å². The smallest absolute Gasteiger partial charge is 0.308 e. The van der Waals surface area contributed by atoms with Gasteiger partial charge in [-0.05, 0) is 43.7 Å². The van der Waals surface area contributed by atoms with Crippen LogP contribution in [0.1, 0.15) is 44.2 Å². The fraction of sp³-hybridized carbons (Fsp3) is 0.529. The van der Waals surface area contributed by atoms with Crippen molar-refractivity contribution in [2.75, 3.05) is 7.11 Å². The van der Waals surface area contributed by atoms with E-state index in [2.05, 4.69) is 36.0 Å². The standard InChI is InChI=1S/C17H22N2O2/c1-3-12-4-5-14-11-19(18-16(14)10-12)15-8-6-13(7-9-15)17(20)21-2/h4-5,10-11,13,15H,3,6-9H2,1-2H3. The van der Waals surface area contributed by atoms with Crippen molar-refractivity contribution < 1.29 is 9.53 Å². The molecule has 4 nitrogen and oxygen atoms in total. The molecule has 112 valence electrons. The molecule has 0 atom stereocenters. The number of nitrogens with zero attached hydrogens (tertiary/aromatic N) is 2. The summed E-state index contributed by atoms with van der Waals surface area (Å²) in [6, 6.07) is 6.90. The first kappa shape index (κ1) is 14.1. The van der Waals surface area contributed by atoms with E-state index in [0.29, 0.717) is 6.04 Å². The molecule has 2 aromatic rings. The molecule has 1 aromatic heterocycles. The molecule has 3 rings (SSSR count). The van der Waals surface area contributed by atoms with E-state index in [1.807, 2.05) is 0 Å². The van der Waals surface area contributed by atoms with Crippen molar-refractivity contribution in [2.24, 2.45) is 5.92 Å². The number of hydrogen-bond donors (Lipinski definition) is 0. The molecule has 1 fully saturated rings. The quantitative estimate of drug-likeness (QED) is 0.811. The molecular weight excluding hydrogens is 264 g/mol. The zero-order valence-electron chi connectivity index (χ0n) is 12.7. The van der Waals surface area contributed by atoms with Crippen molar-refractivity contribution in [3.8, 4) is 0 Å². The number of ether oxygens (including phenoxy) is 1. The highest BCUT2D eigenvalue weighted by Crippen LogP contribution is 2.33. The highest BCUT2D eigenvalue weighted by atomic mass is 16.5. The van der Waals surface area contributed by atoms with Gasteiger partial charge in [-0.25, -0.2) is 0 Å². The minimum Gasteiger partial charge on any atom is -0.469 e. The predicted molar refractivity (Wildman–Crippen MR) is 82.1 cm³/mol. The maximum absolute atomic E-state index is 11.6. The van der Waals surface area contributed by atoms with Crippen molar-refractivity contribution in [2.45, 2.75) is 45.1 Å². The Kier molecular flexibility index (Phi) is 3.95. The minimum absolute atomic E-state index is 0.0633. The molecule has 4 heteroatoms. The highest BCUT2D eigenvalue weighted by Gasteiger charge is 2.28. The first-order valence-electron chi connectivity index (χ1n) is 7.77. The van der Waals surface area contributed by atoms with Crippen LogP contribution in [0.3, 0.4) is 0 Å². The Morgan fingerprint density at radius 3 is 2.76 bits per heavy atom. The molecule has 0 spiro atoms. The molecule has 1 aliphatic rings. The van der Waals surface area contributed by atoms with E-state index in [9.17, 15) is 4.79 Å². The molecular formula is C17H22N2O2. The summed E-state index contributed by atoms with van der Waals surface area (Å²) in [6.45, 7) is 2.16. The number of benzene rings is 1. The third-order valence-corrected chi connectivity index (χ3v) is 4.60. The number of aromatic nitrogens is 2. The zero-order valence-corrected chi connectivity index (χ0v) is 12.7. The topological polar surface area (TPSA) is 44.1 Å². The second-order valence-corrected chi connectivity index (χ2v) is 5.88. The molecule has 1 heterocycles. The van der Waals surface area contributed by atoms with Crippen molar-refractivity contribution in [3.63, 3.8) is 0 Å². The average Bonchev–Trinajstić information content (AvgIpc) is 2.97. The van der Waals surface area contributed by atoms with Crippen LogP contribution in [0.25, 0.3) is 10.9 Å². The summed E-state index contributed by atoms with van der Waals surface area (Å²) in [5.41, 5.74) is 2.39. The monoisotopic (exact) mass is 286 g/mol. The van der Waals surface area contributed by atoms with E-state index in [0.717, 1.165) is 37.6 Å². The van der Waals surface area contributed by atoms with Gasteiger partial charge in [-0.15, -0.1) is 0 Å². The largest absolute Gasteiger partial charge is 0.469 e. The summed E-state index contributed by atoms with van der Waals surface area (Å²) in [5, 5.41) is 5.93. The lowest BCUT2D eigenvalue weighted by Gasteiger charge is -2.26. The fourth-order valence-corrected chi connectivity index (χ4v) is 3.23. The third kappa shape index (κ3) is 2.80. The number of carbonyl (C=O) groups is 1. The van der Waals surface area contributed by atoms with Gasteiger partial charge in [0.25, 0.3) is 0 Å². The van der Waals surface area contributed by atoms with Crippen LogP contribution in [-0.2, 0) is 16.0 Å². The number of carbonyl (C=O) groups excluding carboxylic acids is 1. The second kappa shape index (κ2) is 5.88. The van der Waals surface area contributed by atoms with Gasteiger partial charge in [0.1, 0.15) is 0 Å². The van der Waals surface area contributed by atoms with Crippen LogP contribution in [-0.4, -0.2) is 22.9 Å². The van der Waals surface area contributed by atoms with Gasteiger partial charge in [0, 0.05) is 11.6 Å². The molecule has 1 saturated carbocycles. The molecule has 0 radical (unpaired) electrons. The van der Waals surface area contributed by atoms with E-state index in [-0.39, 0.29) is 11.9 Å². The molecule has 0 N–H and O–H groups in total. The average molecular weight is 286 g/mol. The van der Waals surface area contributed by atoms with E-state index < -0.39 is 0 Å². The van der Waals surface area contributed by atoms with E-state index in [1.54, 1.807) is 0 Å². The molecule has 1 aromatic carbocycles. The summed E-state index contributed by atoms with van der Waals surface area (Å²) in [6.07, 6.45) is 6.95. The van der Waals surface area contributed by atoms with Crippen molar-refractivity contribution >= 4 is 16.9 Å². The molecule has 0 aliphatic heterocycles. The summed E-state index contributed by atoms with van der Waals surface area (Å²) >= 11 is 0. The van der Waals surface area contributed by atoms with Gasteiger partial charge < -0.3 is 4.74 Å². The lowest BCUT2D eigenvalue weighted by Crippen LogP contribution is -2.24. The molecule has 21 heavy (non-hydrogen) atoms. The molecule has 1 aliphatic carbocycles. The molecule has 0 bridgehead atoms. The number of aryl methyl sites for hydroxylation is 1. The predicted octanol–water partition coefficient (Wildman–Crippen LogP) is 3.50. The second-order valence-electron chi connectivity index (χ2n) is 5.88. The van der Waals surface area contributed by atoms with Crippen LogP contribution >= 0.6 is 0 Å².